The molecule has 0 aliphatic carbocycles. The number of nitriles is 1. The molecular weight excluding hydrogens is 290 g/mol. The van der Waals surface area contributed by atoms with Crippen molar-refractivity contribution in [3.8, 4) is 11.8 Å². The zero-order valence-electron chi connectivity index (χ0n) is 12.5. The second-order valence-corrected chi connectivity index (χ2v) is 4.78. The lowest BCUT2D eigenvalue weighted by molar-refractivity contribution is -0.127. The van der Waals surface area contributed by atoms with Crippen LogP contribution in [0.1, 0.15) is 25.8 Å². The van der Waals surface area contributed by atoms with Crippen molar-refractivity contribution < 1.29 is 18.3 Å². The zero-order valence-corrected chi connectivity index (χ0v) is 12.5. The minimum atomic E-state index is -2.92. The molecule has 0 unspecified atom stereocenters. The molecule has 0 spiro atoms. The number of ether oxygens (including phenoxy) is 1. The SMILES string of the molecule is CC(C)N(CCC#N)C(=O)/C=C\c1ccccc1OC(F)F. The number of hydrogen-bond donors (Lipinski definition) is 0. The van der Waals surface area contributed by atoms with Crippen molar-refractivity contribution in [3.63, 3.8) is 0 Å². The van der Waals surface area contributed by atoms with E-state index in [2.05, 4.69) is 4.74 Å². The number of rotatable bonds is 7. The molecule has 4 nitrogen and oxygen atoms in total. The first-order chi connectivity index (χ1) is 10.5. The number of carbonyl (C=O) groups excluding carboxylic acids is 1. The molecule has 0 bridgehead atoms. The second kappa shape index (κ2) is 8.78. The van der Waals surface area contributed by atoms with Crippen LogP contribution in [-0.4, -0.2) is 30.0 Å². The summed E-state index contributed by atoms with van der Waals surface area (Å²) in [5, 5.41) is 8.61. The van der Waals surface area contributed by atoms with Gasteiger partial charge in [-0.05, 0) is 26.0 Å². The molecule has 0 N–H and O–H groups in total. The summed E-state index contributed by atoms with van der Waals surface area (Å²) in [5.41, 5.74) is 0.389. The van der Waals surface area contributed by atoms with E-state index in [1.54, 1.807) is 18.2 Å². The summed E-state index contributed by atoms with van der Waals surface area (Å²) in [4.78, 5) is 13.7. The van der Waals surface area contributed by atoms with Gasteiger partial charge in [-0.15, -0.1) is 0 Å². The molecule has 0 aliphatic rings. The summed E-state index contributed by atoms with van der Waals surface area (Å²) in [6.07, 6.45) is 2.97. The molecule has 118 valence electrons. The largest absolute Gasteiger partial charge is 0.434 e. The molecule has 22 heavy (non-hydrogen) atoms. The van der Waals surface area contributed by atoms with E-state index in [-0.39, 0.29) is 24.1 Å². The third-order valence-corrected chi connectivity index (χ3v) is 2.91. The number of amides is 1. The Hall–Kier alpha value is -2.42. The van der Waals surface area contributed by atoms with Crippen molar-refractivity contribution in [2.75, 3.05) is 6.54 Å². The van der Waals surface area contributed by atoms with Crippen molar-refractivity contribution in [1.29, 1.82) is 5.26 Å². The molecule has 1 amide bonds. The third kappa shape index (κ3) is 5.52. The van der Waals surface area contributed by atoms with Gasteiger partial charge in [0.25, 0.3) is 0 Å². The predicted octanol–water partition coefficient (Wildman–Crippen LogP) is 3.45. The minimum absolute atomic E-state index is 0.00896. The Morgan fingerprint density at radius 1 is 1.41 bits per heavy atom. The zero-order chi connectivity index (χ0) is 16.5. The Balaban J connectivity index is 2.86. The summed E-state index contributed by atoms with van der Waals surface area (Å²) >= 11 is 0. The molecule has 0 saturated carbocycles. The number of para-hydroxylation sites is 1. The summed E-state index contributed by atoms with van der Waals surface area (Å²) in [5.74, 6) is -0.272. The van der Waals surface area contributed by atoms with Gasteiger partial charge in [0.2, 0.25) is 5.91 Å². The van der Waals surface area contributed by atoms with Gasteiger partial charge in [0.1, 0.15) is 5.75 Å². The Kier molecular flexibility index (Phi) is 7.03. The number of nitrogens with zero attached hydrogens (tertiary/aromatic N) is 2. The Labute approximate surface area is 128 Å². The highest BCUT2D eigenvalue weighted by atomic mass is 19.3. The van der Waals surface area contributed by atoms with Gasteiger partial charge in [0.15, 0.2) is 0 Å². The topological polar surface area (TPSA) is 53.3 Å². The minimum Gasteiger partial charge on any atom is -0.434 e. The van der Waals surface area contributed by atoms with Gasteiger partial charge in [0.05, 0.1) is 12.5 Å². The first-order valence-electron chi connectivity index (χ1n) is 6.85. The van der Waals surface area contributed by atoms with Crippen molar-refractivity contribution >= 4 is 12.0 Å². The van der Waals surface area contributed by atoms with E-state index in [9.17, 15) is 13.6 Å². The first-order valence-corrected chi connectivity index (χ1v) is 6.85. The first kappa shape index (κ1) is 17.6. The molecule has 1 aromatic rings. The molecule has 0 atom stereocenters. The van der Waals surface area contributed by atoms with E-state index >= 15 is 0 Å². The van der Waals surface area contributed by atoms with Crippen LogP contribution in [0, 0.1) is 11.3 Å². The van der Waals surface area contributed by atoms with Gasteiger partial charge in [-0.2, -0.15) is 14.0 Å². The van der Waals surface area contributed by atoms with Crippen molar-refractivity contribution in [1.82, 2.24) is 4.90 Å². The Morgan fingerprint density at radius 3 is 2.68 bits per heavy atom. The van der Waals surface area contributed by atoms with Crippen LogP contribution in [0.4, 0.5) is 8.78 Å². The second-order valence-electron chi connectivity index (χ2n) is 4.78. The van der Waals surface area contributed by atoms with E-state index in [0.29, 0.717) is 12.1 Å². The highest BCUT2D eigenvalue weighted by molar-refractivity contribution is 5.92. The lowest BCUT2D eigenvalue weighted by atomic mass is 10.2. The van der Waals surface area contributed by atoms with Crippen molar-refractivity contribution in [2.24, 2.45) is 0 Å². The number of alkyl halides is 2. The molecule has 6 heteroatoms. The smallest absolute Gasteiger partial charge is 0.387 e. The Morgan fingerprint density at radius 2 is 2.09 bits per heavy atom. The van der Waals surface area contributed by atoms with Gasteiger partial charge >= 0.3 is 6.61 Å². The van der Waals surface area contributed by atoms with Crippen LogP contribution in [0.25, 0.3) is 6.08 Å². The lowest BCUT2D eigenvalue weighted by Gasteiger charge is -2.24. The molecule has 1 rings (SSSR count). The quantitative estimate of drug-likeness (QED) is 0.725. The maximum absolute atomic E-state index is 12.3. The summed E-state index contributed by atoms with van der Waals surface area (Å²) in [7, 11) is 0. The summed E-state index contributed by atoms with van der Waals surface area (Å²) in [6, 6.07) is 8.16. The maximum Gasteiger partial charge on any atom is 0.387 e. The van der Waals surface area contributed by atoms with Gasteiger partial charge in [-0.1, -0.05) is 18.2 Å². The van der Waals surface area contributed by atoms with E-state index in [1.807, 2.05) is 19.9 Å². The van der Waals surface area contributed by atoms with Gasteiger partial charge in [-0.25, -0.2) is 0 Å². The molecule has 1 aromatic carbocycles. The predicted molar refractivity (Wildman–Crippen MR) is 79.2 cm³/mol. The fourth-order valence-corrected chi connectivity index (χ4v) is 1.87. The molecule has 0 aromatic heterocycles. The van der Waals surface area contributed by atoms with Crippen LogP contribution in [0.15, 0.2) is 30.3 Å². The number of carbonyl (C=O) groups is 1. The number of hydrogen-bond acceptors (Lipinski definition) is 3. The molecule has 0 radical (unpaired) electrons. The summed E-state index contributed by atoms with van der Waals surface area (Å²) in [6.45, 7) is 1.09. The van der Waals surface area contributed by atoms with Gasteiger partial charge in [0, 0.05) is 24.2 Å². The van der Waals surface area contributed by atoms with Crippen molar-refractivity contribution in [3.05, 3.63) is 35.9 Å². The lowest BCUT2D eigenvalue weighted by Crippen LogP contribution is -2.36. The van der Waals surface area contributed by atoms with Crippen LogP contribution >= 0.6 is 0 Å². The van der Waals surface area contributed by atoms with Crippen LogP contribution in [0.5, 0.6) is 5.75 Å². The average Bonchev–Trinajstić information content (AvgIpc) is 2.45. The van der Waals surface area contributed by atoms with Gasteiger partial charge < -0.3 is 9.64 Å². The third-order valence-electron chi connectivity index (χ3n) is 2.91. The van der Waals surface area contributed by atoms with Crippen LogP contribution in [-0.2, 0) is 4.79 Å². The summed E-state index contributed by atoms with van der Waals surface area (Å²) < 4.78 is 29.0. The molecule has 0 heterocycles. The molecule has 0 saturated heterocycles. The van der Waals surface area contributed by atoms with Crippen LogP contribution < -0.4 is 4.74 Å². The van der Waals surface area contributed by atoms with Gasteiger partial charge in [-0.3, -0.25) is 4.79 Å². The molecule has 0 fully saturated rings. The average molecular weight is 308 g/mol. The van der Waals surface area contributed by atoms with E-state index in [1.165, 1.54) is 23.1 Å². The van der Waals surface area contributed by atoms with Crippen molar-refractivity contribution in [2.45, 2.75) is 32.9 Å². The highest BCUT2D eigenvalue weighted by Crippen LogP contribution is 2.21. The number of halogens is 2. The maximum atomic E-state index is 12.3. The van der Waals surface area contributed by atoms with E-state index in [4.69, 9.17) is 5.26 Å². The monoisotopic (exact) mass is 308 g/mol. The molecule has 0 aliphatic heterocycles. The number of benzene rings is 1. The van der Waals surface area contributed by atoms with Crippen LogP contribution in [0.3, 0.4) is 0 Å². The normalized spacial score (nSPS) is 11.0. The fraction of sp³-hybridized carbons (Fsp3) is 0.375. The fourth-order valence-electron chi connectivity index (χ4n) is 1.87. The van der Waals surface area contributed by atoms with E-state index < -0.39 is 6.61 Å². The standard InChI is InChI=1S/C16H18F2N2O2/c1-12(2)20(11-5-10-19)15(21)9-8-13-6-3-4-7-14(13)22-16(17)18/h3-4,6-9,12,16H,5,11H2,1-2H3/b9-8-. The van der Waals surface area contributed by atoms with Crippen LogP contribution in [0.2, 0.25) is 0 Å². The highest BCUT2D eigenvalue weighted by Gasteiger charge is 2.14. The molecular formula is C16H18F2N2O2. The van der Waals surface area contributed by atoms with E-state index in [0.717, 1.165) is 0 Å². The Bertz CT molecular complexity index is 566.